The van der Waals surface area contributed by atoms with Gasteiger partial charge in [-0.2, -0.15) is 0 Å². The third-order valence-corrected chi connectivity index (χ3v) is 6.53. The van der Waals surface area contributed by atoms with Gasteiger partial charge in [-0.05, 0) is 49.6 Å². The van der Waals surface area contributed by atoms with Gasteiger partial charge in [0.15, 0.2) is 0 Å². The summed E-state index contributed by atoms with van der Waals surface area (Å²) in [6.07, 6.45) is 2.51. The number of nitrogens with one attached hydrogen (secondary N) is 2. The molecule has 2 aromatic rings. The van der Waals surface area contributed by atoms with E-state index in [1.807, 2.05) is 6.07 Å². The van der Waals surface area contributed by atoms with Crippen LogP contribution in [0, 0.1) is 5.82 Å². The van der Waals surface area contributed by atoms with Crippen molar-refractivity contribution in [1.82, 2.24) is 15.0 Å². The zero-order valence-corrected chi connectivity index (χ0v) is 17.7. The summed E-state index contributed by atoms with van der Waals surface area (Å²) in [7, 11) is -3.82. The number of ether oxygens (including phenoxy) is 1. The average molecular weight is 452 g/mol. The van der Waals surface area contributed by atoms with Crippen molar-refractivity contribution in [3.05, 3.63) is 60.2 Å². The fraction of sp³-hybridized carbons (Fsp3) is 0.429. The summed E-state index contributed by atoms with van der Waals surface area (Å²) < 4.78 is 46.1. The van der Waals surface area contributed by atoms with E-state index in [2.05, 4.69) is 15.0 Å². The van der Waals surface area contributed by atoms with Crippen LogP contribution >= 0.6 is 0 Å². The number of rotatable bonds is 9. The first-order valence-electron chi connectivity index (χ1n) is 10.1. The van der Waals surface area contributed by atoms with Gasteiger partial charge in [0.1, 0.15) is 11.9 Å². The summed E-state index contributed by atoms with van der Waals surface area (Å²) in [6.45, 7) is -0.154. The van der Waals surface area contributed by atoms with E-state index in [4.69, 9.17) is 4.74 Å². The highest BCUT2D eigenvalue weighted by atomic mass is 32.2. The molecule has 3 atom stereocenters. The number of carbonyl (C=O) groups is 1. The van der Waals surface area contributed by atoms with Gasteiger partial charge in [0.25, 0.3) is 0 Å². The summed E-state index contributed by atoms with van der Waals surface area (Å²) in [4.78, 5) is 16.3. The molecule has 1 saturated heterocycles. The number of aromatic nitrogens is 1. The molecule has 0 radical (unpaired) electrons. The van der Waals surface area contributed by atoms with Crippen molar-refractivity contribution in [2.24, 2.45) is 0 Å². The van der Waals surface area contributed by atoms with Gasteiger partial charge in [-0.15, -0.1) is 0 Å². The van der Waals surface area contributed by atoms with Crippen molar-refractivity contribution in [3.8, 4) is 0 Å². The summed E-state index contributed by atoms with van der Waals surface area (Å²) in [5, 5.41) is 12.6. The largest absolute Gasteiger partial charge is 0.394 e. The molecule has 1 aromatic carbocycles. The summed E-state index contributed by atoms with van der Waals surface area (Å²) in [5.74, 6) is -0.826. The van der Waals surface area contributed by atoms with Crippen LogP contribution in [0.1, 0.15) is 25.0 Å². The van der Waals surface area contributed by atoms with Crippen molar-refractivity contribution in [2.45, 2.75) is 48.8 Å². The molecule has 1 amide bonds. The molecule has 1 aliphatic rings. The number of sulfonamides is 1. The standard InChI is InChI=1S/C21H26FN3O5S/c22-15-4-3-6-18(12-15)31(28,29)24-11-9-17-7-8-19(20(14-26)30-17)25-21(27)13-16-5-1-2-10-23-16/h1-6,10,12,17,19-20,24,26H,7-9,11,13-14H2,(H,25,27)/t17-,19-,20+/m1/s1. The Kier molecular flexibility index (Phi) is 8.08. The molecule has 8 nitrogen and oxygen atoms in total. The Labute approximate surface area is 180 Å². The SMILES string of the molecule is O=C(Cc1ccccn1)N[C@@H]1CC[C@H](CCNS(=O)(=O)c2cccc(F)c2)O[C@H]1CO. The maximum atomic E-state index is 13.3. The topological polar surface area (TPSA) is 118 Å². The number of aliphatic hydroxyl groups is 1. The van der Waals surface area contributed by atoms with Gasteiger partial charge < -0.3 is 15.2 Å². The van der Waals surface area contributed by atoms with E-state index >= 15 is 0 Å². The first kappa shape index (κ1) is 23.3. The Morgan fingerprint density at radius 2 is 2.06 bits per heavy atom. The van der Waals surface area contributed by atoms with Crippen LogP contribution in [0.25, 0.3) is 0 Å². The fourth-order valence-corrected chi connectivity index (χ4v) is 4.58. The highest BCUT2D eigenvalue weighted by molar-refractivity contribution is 7.89. The van der Waals surface area contributed by atoms with Crippen molar-refractivity contribution in [3.63, 3.8) is 0 Å². The van der Waals surface area contributed by atoms with Crippen LogP contribution in [0.15, 0.2) is 53.6 Å². The second-order valence-electron chi connectivity index (χ2n) is 7.37. The second-order valence-corrected chi connectivity index (χ2v) is 9.14. The van der Waals surface area contributed by atoms with Gasteiger partial charge in [-0.1, -0.05) is 12.1 Å². The van der Waals surface area contributed by atoms with Crippen molar-refractivity contribution < 1.29 is 27.4 Å². The van der Waals surface area contributed by atoms with Gasteiger partial charge in [0.2, 0.25) is 15.9 Å². The fourth-order valence-electron chi connectivity index (χ4n) is 3.51. The van der Waals surface area contributed by atoms with Crippen molar-refractivity contribution >= 4 is 15.9 Å². The predicted molar refractivity (Wildman–Crippen MR) is 111 cm³/mol. The average Bonchev–Trinajstić information content (AvgIpc) is 2.75. The van der Waals surface area contributed by atoms with Crippen LogP contribution in [0.4, 0.5) is 4.39 Å². The molecule has 3 rings (SSSR count). The maximum absolute atomic E-state index is 13.3. The number of aliphatic hydroxyl groups excluding tert-OH is 1. The molecule has 0 bridgehead atoms. The summed E-state index contributed by atoms with van der Waals surface area (Å²) >= 11 is 0. The molecular weight excluding hydrogens is 425 g/mol. The second kappa shape index (κ2) is 10.8. The minimum Gasteiger partial charge on any atom is -0.394 e. The first-order chi connectivity index (χ1) is 14.9. The smallest absolute Gasteiger partial charge is 0.240 e. The Morgan fingerprint density at radius 1 is 1.23 bits per heavy atom. The van der Waals surface area contributed by atoms with Gasteiger partial charge in [0.05, 0.1) is 30.1 Å². The van der Waals surface area contributed by atoms with Gasteiger partial charge in [-0.3, -0.25) is 9.78 Å². The van der Waals surface area contributed by atoms with Crippen LogP contribution in [-0.4, -0.2) is 55.8 Å². The Hall–Kier alpha value is -2.40. The molecule has 3 N–H and O–H groups in total. The zero-order valence-electron chi connectivity index (χ0n) is 16.9. The molecule has 31 heavy (non-hydrogen) atoms. The highest BCUT2D eigenvalue weighted by Crippen LogP contribution is 2.22. The van der Waals surface area contributed by atoms with Crippen LogP contribution in [0.2, 0.25) is 0 Å². The Balaban J connectivity index is 1.46. The normalized spacial score (nSPS) is 21.5. The van der Waals surface area contributed by atoms with Crippen LogP contribution < -0.4 is 10.0 Å². The summed E-state index contributed by atoms with van der Waals surface area (Å²) in [6, 6.07) is 9.81. The lowest BCUT2D eigenvalue weighted by molar-refractivity contribution is -0.127. The quantitative estimate of drug-likeness (QED) is 0.527. The van der Waals surface area contributed by atoms with Gasteiger partial charge in [-0.25, -0.2) is 17.5 Å². The molecule has 1 aliphatic heterocycles. The molecule has 0 unspecified atom stereocenters. The molecule has 10 heteroatoms. The van der Waals surface area contributed by atoms with Crippen LogP contribution in [0.3, 0.4) is 0 Å². The molecule has 0 spiro atoms. The molecule has 0 aliphatic carbocycles. The van der Waals surface area contributed by atoms with Gasteiger partial charge >= 0.3 is 0 Å². The molecule has 2 heterocycles. The van der Waals surface area contributed by atoms with E-state index in [-0.39, 0.29) is 42.5 Å². The molecule has 0 saturated carbocycles. The first-order valence-corrected chi connectivity index (χ1v) is 11.6. The molecular formula is C21H26FN3O5S. The molecule has 1 aromatic heterocycles. The van der Waals surface area contributed by atoms with E-state index in [1.165, 1.54) is 18.2 Å². The number of halogens is 1. The van der Waals surface area contributed by atoms with E-state index in [0.717, 1.165) is 6.07 Å². The number of hydrogen-bond donors (Lipinski definition) is 3. The highest BCUT2D eigenvalue weighted by Gasteiger charge is 2.32. The minimum absolute atomic E-state index is 0.109. The van der Waals surface area contributed by atoms with E-state index in [9.17, 15) is 22.7 Å². The monoisotopic (exact) mass is 451 g/mol. The number of carbonyl (C=O) groups excluding carboxylic acids is 1. The number of nitrogens with zero attached hydrogens (tertiary/aromatic N) is 1. The van der Waals surface area contributed by atoms with Crippen LogP contribution in [-0.2, 0) is 26.0 Å². The molecule has 1 fully saturated rings. The molecule has 168 valence electrons. The third-order valence-electron chi connectivity index (χ3n) is 5.07. The van der Waals surface area contributed by atoms with Crippen molar-refractivity contribution in [1.29, 1.82) is 0 Å². The predicted octanol–water partition coefficient (Wildman–Crippen LogP) is 1.16. The minimum atomic E-state index is -3.82. The Bertz CT molecular complexity index is 974. The lowest BCUT2D eigenvalue weighted by Crippen LogP contribution is -2.51. The number of amides is 1. The van der Waals surface area contributed by atoms with Crippen molar-refractivity contribution in [2.75, 3.05) is 13.2 Å². The van der Waals surface area contributed by atoms with Crippen LogP contribution in [0.5, 0.6) is 0 Å². The zero-order chi connectivity index (χ0) is 22.3. The lowest BCUT2D eigenvalue weighted by atomic mass is 9.97. The lowest BCUT2D eigenvalue weighted by Gasteiger charge is -2.36. The van der Waals surface area contributed by atoms with E-state index < -0.39 is 21.9 Å². The number of hydrogen-bond acceptors (Lipinski definition) is 6. The van der Waals surface area contributed by atoms with Gasteiger partial charge in [0, 0.05) is 18.4 Å². The maximum Gasteiger partial charge on any atom is 0.240 e. The third kappa shape index (κ3) is 6.79. The number of pyridine rings is 1. The van der Waals surface area contributed by atoms with E-state index in [1.54, 1.807) is 18.3 Å². The Morgan fingerprint density at radius 3 is 2.77 bits per heavy atom. The number of benzene rings is 1. The van der Waals surface area contributed by atoms with E-state index in [0.29, 0.717) is 25.0 Å². The summed E-state index contributed by atoms with van der Waals surface area (Å²) in [5.41, 5.74) is 0.653.